The molecular weight excluding hydrogens is 460 g/mol. The normalized spacial score (nSPS) is 15.6. The maximum absolute atomic E-state index is 12.9. The number of anilines is 1. The Hall–Kier alpha value is -4.09. The molecule has 1 aliphatic rings. The molecule has 0 bridgehead atoms. The van der Waals surface area contributed by atoms with E-state index in [9.17, 15) is 14.9 Å². The molecule has 2 aromatic heterocycles. The molecule has 0 saturated carbocycles. The van der Waals surface area contributed by atoms with E-state index < -0.39 is 18.0 Å². The number of amides is 1. The number of carbonyl (C=O) groups excluding carboxylic acids is 2. The summed E-state index contributed by atoms with van der Waals surface area (Å²) in [5, 5.41) is 13.1. The van der Waals surface area contributed by atoms with Gasteiger partial charge in [0.15, 0.2) is 6.10 Å². The highest BCUT2D eigenvalue weighted by Crippen LogP contribution is 2.42. The number of aromatic nitrogens is 2. The fourth-order valence-corrected chi connectivity index (χ4v) is 5.73. The van der Waals surface area contributed by atoms with Gasteiger partial charge in [-0.1, -0.05) is 36.4 Å². The molecule has 0 aliphatic heterocycles. The maximum Gasteiger partial charge on any atom is 0.341 e. The van der Waals surface area contributed by atoms with Crippen molar-refractivity contribution in [1.82, 2.24) is 9.97 Å². The molecule has 2 aromatic carbocycles. The lowest BCUT2D eigenvalue weighted by atomic mass is 9.83. The summed E-state index contributed by atoms with van der Waals surface area (Å²) in [6, 6.07) is 17.6. The predicted molar refractivity (Wildman–Crippen MR) is 133 cm³/mol. The zero-order chi connectivity index (χ0) is 24.4. The van der Waals surface area contributed by atoms with Crippen molar-refractivity contribution >= 4 is 39.2 Å². The van der Waals surface area contributed by atoms with E-state index in [1.165, 1.54) is 30.0 Å². The van der Waals surface area contributed by atoms with Gasteiger partial charge in [-0.3, -0.25) is 14.8 Å². The zero-order valence-electron chi connectivity index (χ0n) is 19.0. The van der Waals surface area contributed by atoms with Crippen LogP contribution in [0.1, 0.15) is 51.2 Å². The van der Waals surface area contributed by atoms with Crippen LogP contribution in [0.3, 0.4) is 0 Å². The average Bonchev–Trinajstić information content (AvgIpc) is 3.24. The summed E-state index contributed by atoms with van der Waals surface area (Å²) in [4.78, 5) is 35.2. The van der Waals surface area contributed by atoms with Crippen LogP contribution in [0.15, 0.2) is 60.9 Å². The largest absolute Gasteiger partial charge is 0.449 e. The maximum atomic E-state index is 12.9. The standard InChI is InChI=1S/C27H22N4O3S/c1-16(34-27(33)20-8-5-9-22-24(20)30-13-12-29-22)25(32)31-26-21(15-28)19-11-10-18(14-23(19)35-26)17-6-3-2-4-7-17/h2-9,12-13,16,18H,10-11,14H2,1H3,(H,31,32). The lowest BCUT2D eigenvalue weighted by molar-refractivity contribution is -0.123. The van der Waals surface area contributed by atoms with Crippen LogP contribution in [-0.2, 0) is 22.4 Å². The van der Waals surface area contributed by atoms with Crippen LogP contribution in [0.5, 0.6) is 0 Å². The van der Waals surface area contributed by atoms with Gasteiger partial charge in [0.2, 0.25) is 0 Å². The van der Waals surface area contributed by atoms with Crippen LogP contribution in [0.4, 0.5) is 5.00 Å². The second-order valence-corrected chi connectivity index (χ2v) is 9.54. The smallest absolute Gasteiger partial charge is 0.341 e. The number of esters is 1. The van der Waals surface area contributed by atoms with E-state index >= 15 is 0 Å². The van der Waals surface area contributed by atoms with Crippen molar-refractivity contribution in [1.29, 1.82) is 5.26 Å². The summed E-state index contributed by atoms with van der Waals surface area (Å²) in [6.07, 6.45) is 4.57. The third kappa shape index (κ3) is 4.51. The van der Waals surface area contributed by atoms with Gasteiger partial charge in [-0.25, -0.2) is 4.79 Å². The Morgan fingerprint density at radius 3 is 2.74 bits per heavy atom. The Labute approximate surface area is 206 Å². The molecule has 1 N–H and O–H groups in total. The van der Waals surface area contributed by atoms with Crippen molar-refractivity contribution in [3.63, 3.8) is 0 Å². The van der Waals surface area contributed by atoms with Gasteiger partial charge >= 0.3 is 5.97 Å². The molecule has 2 heterocycles. The molecule has 0 fully saturated rings. The monoisotopic (exact) mass is 482 g/mol. The number of benzene rings is 2. The molecule has 8 heteroatoms. The van der Waals surface area contributed by atoms with Crippen LogP contribution in [0.2, 0.25) is 0 Å². The molecule has 2 unspecified atom stereocenters. The van der Waals surface area contributed by atoms with Crippen molar-refractivity contribution in [3.8, 4) is 6.07 Å². The summed E-state index contributed by atoms with van der Waals surface area (Å²) in [6.45, 7) is 1.51. The van der Waals surface area contributed by atoms with Gasteiger partial charge in [0.25, 0.3) is 5.91 Å². The first-order chi connectivity index (χ1) is 17.0. The van der Waals surface area contributed by atoms with Crippen LogP contribution in [-0.4, -0.2) is 27.9 Å². The molecule has 35 heavy (non-hydrogen) atoms. The Morgan fingerprint density at radius 1 is 1.14 bits per heavy atom. The minimum atomic E-state index is -1.06. The first kappa shape index (κ1) is 22.7. The van der Waals surface area contributed by atoms with Crippen LogP contribution in [0, 0.1) is 11.3 Å². The van der Waals surface area contributed by atoms with Gasteiger partial charge < -0.3 is 10.1 Å². The highest BCUT2D eigenvalue weighted by Gasteiger charge is 2.28. The fraction of sp³-hybridized carbons (Fsp3) is 0.222. The number of nitrogens with zero attached hydrogens (tertiary/aromatic N) is 3. The summed E-state index contributed by atoms with van der Waals surface area (Å²) in [5.41, 5.74) is 4.03. The highest BCUT2D eigenvalue weighted by atomic mass is 32.1. The van der Waals surface area contributed by atoms with E-state index in [-0.39, 0.29) is 5.56 Å². The van der Waals surface area contributed by atoms with Crippen molar-refractivity contribution in [3.05, 3.63) is 88.1 Å². The first-order valence-electron chi connectivity index (χ1n) is 11.4. The van der Waals surface area contributed by atoms with Gasteiger partial charge in [-0.2, -0.15) is 5.26 Å². The number of ether oxygens (including phenoxy) is 1. The number of fused-ring (bicyclic) bond motifs is 2. The molecule has 174 valence electrons. The van der Waals surface area contributed by atoms with Crippen molar-refractivity contribution in [2.24, 2.45) is 0 Å². The van der Waals surface area contributed by atoms with E-state index in [0.29, 0.717) is 27.5 Å². The highest BCUT2D eigenvalue weighted by molar-refractivity contribution is 7.16. The lowest BCUT2D eigenvalue weighted by Crippen LogP contribution is -2.30. The molecule has 4 aromatic rings. The molecule has 5 rings (SSSR count). The number of thiophene rings is 1. The zero-order valence-corrected chi connectivity index (χ0v) is 19.8. The van der Waals surface area contributed by atoms with Gasteiger partial charge in [0.1, 0.15) is 16.6 Å². The summed E-state index contributed by atoms with van der Waals surface area (Å²) >= 11 is 1.43. The summed E-state index contributed by atoms with van der Waals surface area (Å²) < 4.78 is 5.43. The van der Waals surface area contributed by atoms with E-state index in [4.69, 9.17) is 4.74 Å². The lowest BCUT2D eigenvalue weighted by Gasteiger charge is -2.22. The minimum Gasteiger partial charge on any atom is -0.449 e. The number of nitriles is 1. The predicted octanol–water partition coefficient (Wildman–Crippen LogP) is 5.02. The molecule has 1 amide bonds. The van der Waals surface area contributed by atoms with Crippen LogP contribution < -0.4 is 5.32 Å². The van der Waals surface area contributed by atoms with Gasteiger partial charge in [0, 0.05) is 17.3 Å². The number of hydrogen-bond donors (Lipinski definition) is 1. The quantitative estimate of drug-likeness (QED) is 0.401. The molecule has 0 spiro atoms. The Kier molecular flexibility index (Phi) is 6.25. The number of rotatable bonds is 5. The van der Waals surface area contributed by atoms with E-state index in [0.717, 1.165) is 29.7 Å². The number of nitrogens with one attached hydrogen (secondary N) is 1. The molecule has 0 saturated heterocycles. The average molecular weight is 483 g/mol. The second-order valence-electron chi connectivity index (χ2n) is 8.44. The fourth-order valence-electron chi connectivity index (χ4n) is 4.45. The van der Waals surface area contributed by atoms with E-state index in [1.807, 2.05) is 18.2 Å². The Bertz CT molecular complexity index is 1450. The van der Waals surface area contributed by atoms with Gasteiger partial charge in [-0.15, -0.1) is 11.3 Å². The van der Waals surface area contributed by atoms with Crippen molar-refractivity contribution < 1.29 is 14.3 Å². The van der Waals surface area contributed by atoms with Crippen LogP contribution in [0.25, 0.3) is 11.0 Å². The van der Waals surface area contributed by atoms with Gasteiger partial charge in [0.05, 0.1) is 16.6 Å². The molecule has 1 aliphatic carbocycles. The Morgan fingerprint density at radius 2 is 1.94 bits per heavy atom. The van der Waals surface area contributed by atoms with E-state index in [1.54, 1.807) is 24.4 Å². The molecule has 2 atom stereocenters. The Balaban J connectivity index is 1.30. The summed E-state index contributed by atoms with van der Waals surface area (Å²) in [5.74, 6) is -0.754. The number of hydrogen-bond acceptors (Lipinski definition) is 7. The third-order valence-electron chi connectivity index (χ3n) is 6.26. The molecule has 7 nitrogen and oxygen atoms in total. The summed E-state index contributed by atoms with van der Waals surface area (Å²) in [7, 11) is 0. The molecular formula is C27H22N4O3S. The topological polar surface area (TPSA) is 105 Å². The van der Waals surface area contributed by atoms with Crippen molar-refractivity contribution in [2.45, 2.75) is 38.2 Å². The number of carbonyl (C=O) groups is 2. The SMILES string of the molecule is CC(OC(=O)c1cccc2nccnc12)C(=O)Nc1sc2c(c1C#N)CCC(c1ccccc1)C2. The van der Waals surface area contributed by atoms with E-state index in [2.05, 4.69) is 33.5 Å². The number of para-hydroxylation sites is 1. The second kappa shape index (κ2) is 9.65. The minimum absolute atomic E-state index is 0.242. The van der Waals surface area contributed by atoms with Crippen LogP contribution >= 0.6 is 11.3 Å². The van der Waals surface area contributed by atoms with Gasteiger partial charge in [-0.05, 0) is 55.4 Å². The third-order valence-corrected chi connectivity index (χ3v) is 7.43. The molecule has 0 radical (unpaired) electrons. The first-order valence-corrected chi connectivity index (χ1v) is 12.2. The van der Waals surface area contributed by atoms with Crippen molar-refractivity contribution in [2.75, 3.05) is 5.32 Å².